The number of nitrogens with one attached hydrogen (secondary N) is 2. The lowest BCUT2D eigenvalue weighted by molar-refractivity contribution is -0.138. The first kappa shape index (κ1) is 23.3. The second-order valence-corrected chi connectivity index (χ2v) is 8.31. The third-order valence-corrected chi connectivity index (χ3v) is 6.18. The molecule has 2 aromatic rings. The van der Waals surface area contributed by atoms with Crippen molar-refractivity contribution < 1.29 is 24.2 Å². The van der Waals surface area contributed by atoms with Gasteiger partial charge in [0.25, 0.3) is 0 Å². The van der Waals surface area contributed by atoms with E-state index in [9.17, 15) is 14.4 Å². The van der Waals surface area contributed by atoms with E-state index in [-0.39, 0.29) is 18.9 Å². The van der Waals surface area contributed by atoms with Crippen LogP contribution in [-0.4, -0.2) is 41.3 Å². The topological polar surface area (TPSA) is 105 Å². The fourth-order valence-corrected chi connectivity index (χ4v) is 4.02. The Hall–Kier alpha value is -3.35. The maximum absolute atomic E-state index is 12.8. The Kier molecular flexibility index (Phi) is 7.18. The Bertz CT molecular complexity index is 960. The molecule has 2 aromatic carbocycles. The van der Waals surface area contributed by atoms with Crippen molar-refractivity contribution in [2.75, 3.05) is 6.61 Å². The molecular formula is C25H30N2O5. The summed E-state index contributed by atoms with van der Waals surface area (Å²) in [7, 11) is 0. The van der Waals surface area contributed by atoms with Crippen molar-refractivity contribution in [3.05, 3.63) is 59.7 Å². The van der Waals surface area contributed by atoms with Crippen LogP contribution in [0.1, 0.15) is 57.1 Å². The number of ether oxygens (including phenoxy) is 1. The van der Waals surface area contributed by atoms with Crippen molar-refractivity contribution in [2.24, 2.45) is 0 Å². The molecule has 2 amide bonds. The molecule has 0 aliphatic heterocycles. The van der Waals surface area contributed by atoms with Crippen molar-refractivity contribution in [1.82, 2.24) is 10.6 Å². The van der Waals surface area contributed by atoms with Crippen LogP contribution in [0.4, 0.5) is 4.79 Å². The van der Waals surface area contributed by atoms with E-state index in [1.807, 2.05) is 36.4 Å². The van der Waals surface area contributed by atoms with Crippen molar-refractivity contribution in [3.8, 4) is 11.1 Å². The largest absolute Gasteiger partial charge is 0.481 e. The molecule has 7 heteroatoms. The van der Waals surface area contributed by atoms with Gasteiger partial charge in [0.15, 0.2) is 0 Å². The Labute approximate surface area is 188 Å². The molecule has 2 atom stereocenters. The molecular weight excluding hydrogens is 408 g/mol. The Balaban J connectivity index is 1.66. The summed E-state index contributed by atoms with van der Waals surface area (Å²) < 4.78 is 5.56. The zero-order valence-electron chi connectivity index (χ0n) is 18.7. The molecule has 3 rings (SSSR count). The Morgan fingerprint density at radius 3 is 2.09 bits per heavy atom. The van der Waals surface area contributed by atoms with Gasteiger partial charge in [0.2, 0.25) is 5.91 Å². The van der Waals surface area contributed by atoms with Gasteiger partial charge in [-0.3, -0.25) is 9.59 Å². The van der Waals surface area contributed by atoms with E-state index < -0.39 is 29.6 Å². The van der Waals surface area contributed by atoms with Gasteiger partial charge < -0.3 is 20.5 Å². The number of fused-ring (bicyclic) bond motifs is 3. The van der Waals surface area contributed by atoms with Crippen LogP contribution < -0.4 is 10.6 Å². The van der Waals surface area contributed by atoms with Crippen LogP contribution in [0, 0.1) is 0 Å². The minimum absolute atomic E-state index is 0.0742. The number of carbonyl (C=O) groups excluding carboxylic acids is 2. The van der Waals surface area contributed by atoms with Gasteiger partial charge in [0.05, 0.1) is 6.42 Å². The number of amides is 2. The minimum atomic E-state index is -1.21. The number of carboxylic acids is 1. The molecule has 32 heavy (non-hydrogen) atoms. The van der Waals surface area contributed by atoms with Crippen molar-refractivity contribution in [1.29, 1.82) is 0 Å². The smallest absolute Gasteiger partial charge is 0.408 e. The molecule has 1 aliphatic rings. The van der Waals surface area contributed by atoms with E-state index in [1.54, 1.807) is 20.8 Å². The molecule has 0 fully saturated rings. The fraction of sp³-hybridized carbons (Fsp3) is 0.400. The summed E-state index contributed by atoms with van der Waals surface area (Å²) in [4.78, 5) is 36.4. The van der Waals surface area contributed by atoms with Crippen LogP contribution >= 0.6 is 0 Å². The van der Waals surface area contributed by atoms with Gasteiger partial charge in [-0.1, -0.05) is 62.4 Å². The van der Waals surface area contributed by atoms with Crippen LogP contribution in [0.25, 0.3) is 11.1 Å². The number of carboxylic acid groups (broad SMARTS) is 1. The summed E-state index contributed by atoms with van der Waals surface area (Å²) in [6.07, 6.45) is -0.0555. The number of carbonyl (C=O) groups is 3. The number of hydrogen-bond donors (Lipinski definition) is 3. The van der Waals surface area contributed by atoms with Gasteiger partial charge >= 0.3 is 12.1 Å². The second kappa shape index (κ2) is 9.85. The molecule has 0 bridgehead atoms. The lowest BCUT2D eigenvalue weighted by atomic mass is 9.96. The van der Waals surface area contributed by atoms with Crippen molar-refractivity contribution >= 4 is 18.0 Å². The Morgan fingerprint density at radius 2 is 1.59 bits per heavy atom. The van der Waals surface area contributed by atoms with E-state index in [0.717, 1.165) is 22.3 Å². The predicted octanol–water partition coefficient (Wildman–Crippen LogP) is 4.06. The summed E-state index contributed by atoms with van der Waals surface area (Å²) in [5.74, 6) is -1.49. The SMILES string of the molecule is CC[C@H](CC(=O)O)NC(=O)C(C)(CC)NC(=O)OCC1c2ccccc2-c2ccccc21. The molecule has 0 heterocycles. The third-order valence-electron chi connectivity index (χ3n) is 6.18. The predicted molar refractivity (Wildman–Crippen MR) is 121 cm³/mol. The zero-order valence-corrected chi connectivity index (χ0v) is 18.7. The summed E-state index contributed by atoms with van der Waals surface area (Å²) in [6.45, 7) is 5.34. The summed E-state index contributed by atoms with van der Waals surface area (Å²) >= 11 is 0. The highest BCUT2D eigenvalue weighted by molar-refractivity contribution is 5.90. The normalized spacial score (nSPS) is 15.1. The van der Waals surface area contributed by atoms with E-state index in [0.29, 0.717) is 12.8 Å². The zero-order chi connectivity index (χ0) is 23.3. The van der Waals surface area contributed by atoms with Crippen LogP contribution in [-0.2, 0) is 14.3 Å². The van der Waals surface area contributed by atoms with Gasteiger partial charge in [-0.15, -0.1) is 0 Å². The number of rotatable bonds is 9. The molecule has 0 spiro atoms. The molecule has 0 saturated carbocycles. The average Bonchev–Trinajstić information content (AvgIpc) is 3.10. The monoisotopic (exact) mass is 438 g/mol. The molecule has 3 N–H and O–H groups in total. The number of alkyl carbamates (subject to hydrolysis) is 1. The molecule has 0 radical (unpaired) electrons. The maximum Gasteiger partial charge on any atom is 0.408 e. The van der Waals surface area contributed by atoms with Crippen molar-refractivity contribution in [2.45, 2.75) is 57.5 Å². The van der Waals surface area contributed by atoms with Gasteiger partial charge in [0.1, 0.15) is 12.1 Å². The summed E-state index contributed by atoms with van der Waals surface area (Å²) in [6, 6.07) is 15.6. The number of hydrogen-bond acceptors (Lipinski definition) is 4. The minimum Gasteiger partial charge on any atom is -0.481 e. The molecule has 7 nitrogen and oxygen atoms in total. The highest BCUT2D eigenvalue weighted by atomic mass is 16.5. The van der Waals surface area contributed by atoms with Gasteiger partial charge in [0, 0.05) is 12.0 Å². The Morgan fingerprint density at radius 1 is 1.03 bits per heavy atom. The highest BCUT2D eigenvalue weighted by Gasteiger charge is 2.36. The number of aliphatic carboxylic acids is 1. The van der Waals surface area contributed by atoms with E-state index in [4.69, 9.17) is 9.84 Å². The first-order chi connectivity index (χ1) is 15.3. The van der Waals surface area contributed by atoms with E-state index in [2.05, 4.69) is 22.8 Å². The lowest BCUT2D eigenvalue weighted by Gasteiger charge is -2.30. The first-order valence-corrected chi connectivity index (χ1v) is 10.9. The van der Waals surface area contributed by atoms with Crippen LogP contribution in [0.2, 0.25) is 0 Å². The quantitative estimate of drug-likeness (QED) is 0.548. The van der Waals surface area contributed by atoms with Gasteiger partial charge in [-0.05, 0) is 42.0 Å². The standard InChI is InChI=1S/C25H30N2O5/c1-4-16(14-22(28)29)26-23(30)25(3,5-2)27-24(31)32-15-21-19-12-8-6-10-17(19)18-11-7-9-13-20(18)21/h6-13,16,21H,4-5,14-15H2,1-3H3,(H,26,30)(H,27,31)(H,28,29)/t16-,25?/m1/s1. The van der Waals surface area contributed by atoms with E-state index >= 15 is 0 Å². The molecule has 0 saturated heterocycles. The van der Waals surface area contributed by atoms with Crippen LogP contribution in [0.15, 0.2) is 48.5 Å². The number of benzene rings is 2. The second-order valence-electron chi connectivity index (χ2n) is 8.31. The van der Waals surface area contributed by atoms with Gasteiger partial charge in [-0.25, -0.2) is 4.79 Å². The van der Waals surface area contributed by atoms with Gasteiger partial charge in [-0.2, -0.15) is 0 Å². The molecule has 1 aliphatic carbocycles. The lowest BCUT2D eigenvalue weighted by Crippen LogP contribution is -2.58. The van der Waals surface area contributed by atoms with Crippen molar-refractivity contribution in [3.63, 3.8) is 0 Å². The molecule has 0 aromatic heterocycles. The molecule has 170 valence electrons. The van der Waals surface area contributed by atoms with E-state index in [1.165, 1.54) is 0 Å². The summed E-state index contributed by atoms with van der Waals surface area (Å²) in [5.41, 5.74) is 3.28. The highest BCUT2D eigenvalue weighted by Crippen LogP contribution is 2.44. The first-order valence-electron chi connectivity index (χ1n) is 10.9. The fourth-order valence-electron chi connectivity index (χ4n) is 4.02. The third kappa shape index (κ3) is 4.93. The maximum atomic E-state index is 12.8. The van der Waals surface area contributed by atoms with Crippen LogP contribution in [0.5, 0.6) is 0 Å². The summed E-state index contributed by atoms with van der Waals surface area (Å²) in [5, 5.41) is 14.4. The average molecular weight is 439 g/mol. The van der Waals surface area contributed by atoms with Crippen LogP contribution in [0.3, 0.4) is 0 Å². The molecule has 1 unspecified atom stereocenters.